The van der Waals surface area contributed by atoms with Crippen molar-refractivity contribution in [1.82, 2.24) is 9.55 Å². The highest BCUT2D eigenvalue weighted by Gasteiger charge is 2.18. The lowest BCUT2D eigenvalue weighted by atomic mass is 9.90. The van der Waals surface area contributed by atoms with Crippen LogP contribution in [0, 0.1) is 0 Å². The second kappa shape index (κ2) is 8.39. The van der Waals surface area contributed by atoms with Crippen molar-refractivity contribution in [3.63, 3.8) is 0 Å². The Hall–Kier alpha value is -2.01. The van der Waals surface area contributed by atoms with Gasteiger partial charge in [-0.2, -0.15) is 0 Å². The van der Waals surface area contributed by atoms with Gasteiger partial charge >= 0.3 is 5.97 Å². The van der Waals surface area contributed by atoms with Gasteiger partial charge in [-0.25, -0.2) is 9.78 Å². The minimum Gasteiger partial charge on any atom is -0.478 e. The first kappa shape index (κ1) is 19.3. The molecule has 0 saturated heterocycles. The molecule has 1 aromatic heterocycles. The van der Waals surface area contributed by atoms with Gasteiger partial charge in [0.25, 0.3) is 0 Å². The number of benzene rings is 2. The SMILES string of the molecule is Cl.O=C(O)c1ccc(C(Cn2ccnc2)c2ccc(Cl)cc2Cl)cc1. The molecular weight excluding hydrogens is 383 g/mol. The molecule has 0 aliphatic rings. The lowest BCUT2D eigenvalue weighted by Gasteiger charge is -2.20. The summed E-state index contributed by atoms with van der Waals surface area (Å²) in [6, 6.07) is 12.2. The van der Waals surface area contributed by atoms with E-state index in [0.29, 0.717) is 16.6 Å². The monoisotopic (exact) mass is 396 g/mol. The Bertz CT molecular complexity index is 849. The van der Waals surface area contributed by atoms with Crippen LogP contribution in [-0.2, 0) is 6.54 Å². The highest BCUT2D eigenvalue weighted by atomic mass is 35.5. The number of hydrogen-bond donors (Lipinski definition) is 1. The molecule has 3 aromatic rings. The molecule has 1 atom stereocenters. The van der Waals surface area contributed by atoms with E-state index in [-0.39, 0.29) is 23.9 Å². The summed E-state index contributed by atoms with van der Waals surface area (Å²) in [5, 5.41) is 10.2. The standard InChI is InChI=1S/C18H14Cl2N2O2.ClH/c19-14-5-6-15(17(20)9-14)16(10-22-8-7-21-11-22)12-1-3-13(4-2-12)18(23)24;/h1-9,11,16H,10H2,(H,23,24);1H. The van der Waals surface area contributed by atoms with Crippen LogP contribution in [0.5, 0.6) is 0 Å². The Morgan fingerprint density at radius 3 is 2.44 bits per heavy atom. The van der Waals surface area contributed by atoms with Gasteiger partial charge in [0.15, 0.2) is 0 Å². The van der Waals surface area contributed by atoms with E-state index in [1.54, 1.807) is 36.8 Å². The maximum atomic E-state index is 11.1. The Morgan fingerprint density at radius 1 is 1.16 bits per heavy atom. The fourth-order valence-corrected chi connectivity index (χ4v) is 3.17. The molecule has 0 saturated carbocycles. The van der Waals surface area contributed by atoms with Gasteiger partial charge in [0.1, 0.15) is 0 Å². The number of carboxylic acid groups (broad SMARTS) is 1. The van der Waals surface area contributed by atoms with Crippen molar-refractivity contribution in [2.45, 2.75) is 12.5 Å². The van der Waals surface area contributed by atoms with Gasteiger partial charge in [-0.3, -0.25) is 0 Å². The van der Waals surface area contributed by atoms with Crippen LogP contribution < -0.4 is 0 Å². The normalized spacial score (nSPS) is 11.6. The number of carbonyl (C=O) groups is 1. The number of rotatable bonds is 5. The molecule has 0 amide bonds. The van der Waals surface area contributed by atoms with Crippen LogP contribution in [0.1, 0.15) is 27.4 Å². The molecule has 0 aliphatic heterocycles. The molecule has 0 radical (unpaired) electrons. The largest absolute Gasteiger partial charge is 0.478 e. The van der Waals surface area contributed by atoms with Crippen LogP contribution in [0.3, 0.4) is 0 Å². The van der Waals surface area contributed by atoms with Crippen molar-refractivity contribution in [3.05, 3.63) is 87.9 Å². The van der Waals surface area contributed by atoms with Crippen molar-refractivity contribution in [3.8, 4) is 0 Å². The molecular formula is C18H15Cl3N2O2. The van der Waals surface area contributed by atoms with Gasteiger partial charge < -0.3 is 9.67 Å². The van der Waals surface area contributed by atoms with E-state index >= 15 is 0 Å². The van der Waals surface area contributed by atoms with E-state index in [9.17, 15) is 4.79 Å². The third-order valence-corrected chi connectivity index (χ3v) is 4.41. The van der Waals surface area contributed by atoms with Gasteiger partial charge in [-0.05, 0) is 35.4 Å². The highest BCUT2D eigenvalue weighted by molar-refractivity contribution is 6.35. The Kier molecular flexibility index (Phi) is 6.48. The van der Waals surface area contributed by atoms with Crippen molar-refractivity contribution in [1.29, 1.82) is 0 Å². The van der Waals surface area contributed by atoms with Crippen molar-refractivity contribution in [2.75, 3.05) is 0 Å². The summed E-state index contributed by atoms with van der Waals surface area (Å²) in [7, 11) is 0. The number of halogens is 3. The van der Waals surface area contributed by atoms with Crippen LogP contribution in [0.15, 0.2) is 61.2 Å². The van der Waals surface area contributed by atoms with Gasteiger partial charge in [0, 0.05) is 34.9 Å². The summed E-state index contributed by atoms with van der Waals surface area (Å²) in [6.45, 7) is 0.633. The van der Waals surface area contributed by atoms with E-state index in [4.69, 9.17) is 28.3 Å². The van der Waals surface area contributed by atoms with Crippen molar-refractivity contribution in [2.24, 2.45) is 0 Å². The van der Waals surface area contributed by atoms with Gasteiger partial charge in [0.05, 0.1) is 11.9 Å². The molecule has 25 heavy (non-hydrogen) atoms. The summed E-state index contributed by atoms with van der Waals surface area (Å²) in [4.78, 5) is 15.1. The summed E-state index contributed by atoms with van der Waals surface area (Å²) < 4.78 is 1.96. The minimum absolute atomic E-state index is 0. The molecule has 0 fully saturated rings. The highest BCUT2D eigenvalue weighted by Crippen LogP contribution is 2.33. The zero-order valence-corrected chi connectivity index (χ0v) is 15.3. The molecule has 1 unspecified atom stereocenters. The fourth-order valence-electron chi connectivity index (χ4n) is 2.63. The lowest BCUT2D eigenvalue weighted by molar-refractivity contribution is 0.0697. The summed E-state index contributed by atoms with van der Waals surface area (Å²) in [5.41, 5.74) is 2.15. The van der Waals surface area contributed by atoms with Gasteiger partial charge in [0.2, 0.25) is 0 Å². The van der Waals surface area contributed by atoms with E-state index in [1.165, 1.54) is 0 Å². The van der Waals surface area contributed by atoms with Crippen molar-refractivity contribution < 1.29 is 9.90 Å². The van der Waals surface area contributed by atoms with Crippen molar-refractivity contribution >= 4 is 41.6 Å². The molecule has 0 aliphatic carbocycles. The number of carboxylic acids is 1. The first-order valence-electron chi connectivity index (χ1n) is 7.28. The van der Waals surface area contributed by atoms with Crippen LogP contribution in [0.25, 0.3) is 0 Å². The number of aromatic nitrogens is 2. The Morgan fingerprint density at radius 2 is 1.88 bits per heavy atom. The number of hydrogen-bond acceptors (Lipinski definition) is 2. The fraction of sp³-hybridized carbons (Fsp3) is 0.111. The topological polar surface area (TPSA) is 55.1 Å². The molecule has 1 heterocycles. The van der Waals surface area contributed by atoms with E-state index in [1.807, 2.05) is 29.0 Å². The summed E-state index contributed by atoms with van der Waals surface area (Å²) >= 11 is 12.4. The molecule has 7 heteroatoms. The second-order valence-corrected chi connectivity index (χ2v) is 6.25. The maximum Gasteiger partial charge on any atom is 0.335 e. The molecule has 4 nitrogen and oxygen atoms in total. The number of imidazole rings is 1. The maximum absolute atomic E-state index is 11.1. The predicted molar refractivity (Wildman–Crippen MR) is 101 cm³/mol. The molecule has 0 bridgehead atoms. The first-order valence-corrected chi connectivity index (χ1v) is 8.04. The smallest absolute Gasteiger partial charge is 0.335 e. The zero-order valence-electron chi connectivity index (χ0n) is 13.0. The third-order valence-electron chi connectivity index (χ3n) is 3.85. The Labute approximate surface area is 161 Å². The van der Waals surface area contributed by atoms with Crippen LogP contribution >= 0.6 is 35.6 Å². The summed E-state index contributed by atoms with van der Waals surface area (Å²) in [5.74, 6) is -0.996. The minimum atomic E-state index is -0.947. The molecule has 3 rings (SSSR count). The van der Waals surface area contributed by atoms with E-state index in [0.717, 1.165) is 11.1 Å². The number of nitrogens with zero attached hydrogens (tertiary/aromatic N) is 2. The lowest BCUT2D eigenvalue weighted by Crippen LogP contribution is -2.10. The summed E-state index contributed by atoms with van der Waals surface area (Å²) in [6.07, 6.45) is 5.33. The second-order valence-electron chi connectivity index (χ2n) is 5.41. The third kappa shape index (κ3) is 4.54. The molecule has 0 spiro atoms. The van der Waals surface area contributed by atoms with E-state index in [2.05, 4.69) is 4.98 Å². The average molecular weight is 398 g/mol. The zero-order chi connectivity index (χ0) is 17.1. The van der Waals surface area contributed by atoms with Crippen LogP contribution in [0.4, 0.5) is 0 Å². The average Bonchev–Trinajstić information content (AvgIpc) is 3.06. The molecule has 1 N–H and O–H groups in total. The first-order chi connectivity index (χ1) is 11.5. The van der Waals surface area contributed by atoms with Gasteiger partial charge in [-0.15, -0.1) is 12.4 Å². The van der Waals surface area contributed by atoms with Gasteiger partial charge in [-0.1, -0.05) is 41.4 Å². The predicted octanol–water partition coefficient (Wildman–Crippen LogP) is 5.14. The van der Waals surface area contributed by atoms with E-state index < -0.39 is 5.97 Å². The van der Waals surface area contributed by atoms with Crippen LogP contribution in [-0.4, -0.2) is 20.6 Å². The molecule has 2 aromatic carbocycles. The number of aromatic carboxylic acids is 1. The Balaban J connectivity index is 0.00000225. The van der Waals surface area contributed by atoms with Crippen LogP contribution in [0.2, 0.25) is 10.0 Å². The molecule has 130 valence electrons. The quantitative estimate of drug-likeness (QED) is 0.648.